The molecule has 7 heteroatoms. The van der Waals surface area contributed by atoms with Crippen LogP contribution >= 0.6 is 11.6 Å². The quantitative estimate of drug-likeness (QED) is 0.910. The summed E-state index contributed by atoms with van der Waals surface area (Å²) in [6.45, 7) is 5.31. The molecule has 5 nitrogen and oxygen atoms in total. The van der Waals surface area contributed by atoms with Gasteiger partial charge in [0.05, 0.1) is 11.6 Å². The zero-order valence-corrected chi connectivity index (χ0v) is 14.0. The highest BCUT2D eigenvalue weighted by molar-refractivity contribution is 6.30. The Bertz CT molecular complexity index is 601. The summed E-state index contributed by atoms with van der Waals surface area (Å²) in [5, 5.41) is 0.247. The Hall–Kier alpha value is -1.66. The van der Waals surface area contributed by atoms with E-state index < -0.39 is 11.9 Å². The summed E-state index contributed by atoms with van der Waals surface area (Å²) >= 11 is 5.70. The van der Waals surface area contributed by atoms with Crippen molar-refractivity contribution in [2.45, 2.75) is 19.9 Å². The van der Waals surface area contributed by atoms with Crippen LogP contribution in [0.1, 0.15) is 24.2 Å². The van der Waals surface area contributed by atoms with E-state index in [1.807, 2.05) is 13.8 Å². The first-order chi connectivity index (χ1) is 10.8. The van der Waals surface area contributed by atoms with Crippen LogP contribution in [0.3, 0.4) is 0 Å². The van der Waals surface area contributed by atoms with Crippen molar-refractivity contribution < 1.29 is 14.0 Å². The summed E-state index contributed by atoms with van der Waals surface area (Å²) < 4.78 is 13.8. The second-order valence-corrected chi connectivity index (χ2v) is 6.45. The summed E-state index contributed by atoms with van der Waals surface area (Å²) in [6.07, 6.45) is 0. The first-order valence-corrected chi connectivity index (χ1v) is 7.97. The highest BCUT2D eigenvalue weighted by atomic mass is 35.5. The Morgan fingerprint density at radius 1 is 1.17 bits per heavy atom. The lowest BCUT2D eigenvalue weighted by molar-refractivity contribution is -0.135. The lowest BCUT2D eigenvalue weighted by Gasteiger charge is -2.36. The van der Waals surface area contributed by atoms with Crippen LogP contribution in [0.2, 0.25) is 5.02 Å². The Balaban J connectivity index is 1.99. The number of carbonyl (C=O) groups is 2. The number of piperazine rings is 1. The van der Waals surface area contributed by atoms with Crippen LogP contribution in [-0.4, -0.2) is 53.8 Å². The van der Waals surface area contributed by atoms with E-state index in [-0.39, 0.29) is 28.3 Å². The SMILES string of the molecule is CC(C)[C@H](N)C(=O)N1CCN(C(=O)c2ccc(Cl)cc2F)CC1. The fourth-order valence-corrected chi connectivity index (χ4v) is 2.62. The second kappa shape index (κ2) is 7.27. The van der Waals surface area contributed by atoms with Gasteiger partial charge in [-0.3, -0.25) is 9.59 Å². The second-order valence-electron chi connectivity index (χ2n) is 6.01. The molecule has 1 aliphatic rings. The number of carbonyl (C=O) groups excluding carboxylic acids is 2. The molecular weight excluding hydrogens is 321 g/mol. The van der Waals surface area contributed by atoms with Gasteiger partial charge in [-0.25, -0.2) is 4.39 Å². The molecule has 0 bridgehead atoms. The maximum atomic E-state index is 13.8. The maximum absolute atomic E-state index is 13.8. The zero-order chi connectivity index (χ0) is 17.1. The van der Waals surface area contributed by atoms with E-state index in [2.05, 4.69) is 0 Å². The summed E-state index contributed by atoms with van der Waals surface area (Å²) in [6, 6.07) is 3.45. The number of benzene rings is 1. The lowest BCUT2D eigenvalue weighted by Crippen LogP contribution is -2.55. The monoisotopic (exact) mass is 341 g/mol. The van der Waals surface area contributed by atoms with Crippen molar-refractivity contribution in [1.29, 1.82) is 0 Å². The van der Waals surface area contributed by atoms with Crippen LogP contribution in [-0.2, 0) is 4.79 Å². The van der Waals surface area contributed by atoms with Crippen molar-refractivity contribution in [2.24, 2.45) is 11.7 Å². The van der Waals surface area contributed by atoms with E-state index >= 15 is 0 Å². The predicted molar refractivity (Wildman–Crippen MR) is 86.7 cm³/mol. The first kappa shape index (κ1) is 17.7. The molecule has 0 aliphatic carbocycles. The topological polar surface area (TPSA) is 66.6 Å². The van der Waals surface area contributed by atoms with Gasteiger partial charge in [0.1, 0.15) is 5.82 Å². The average molecular weight is 342 g/mol. The van der Waals surface area contributed by atoms with Crippen molar-refractivity contribution >= 4 is 23.4 Å². The summed E-state index contributed by atoms with van der Waals surface area (Å²) in [5.41, 5.74) is 5.87. The molecule has 1 atom stereocenters. The largest absolute Gasteiger partial charge is 0.338 e. The van der Waals surface area contributed by atoms with Crippen molar-refractivity contribution in [3.63, 3.8) is 0 Å². The average Bonchev–Trinajstić information content (AvgIpc) is 2.53. The standard InChI is InChI=1S/C16H21ClFN3O2/c1-10(2)14(19)16(23)21-7-5-20(6-8-21)15(22)12-4-3-11(17)9-13(12)18/h3-4,9-10,14H,5-8,19H2,1-2H3/t14-/m0/s1. The van der Waals surface area contributed by atoms with E-state index in [1.54, 1.807) is 4.90 Å². The van der Waals surface area contributed by atoms with Crippen LogP contribution in [0.25, 0.3) is 0 Å². The molecule has 0 aromatic heterocycles. The van der Waals surface area contributed by atoms with E-state index in [1.165, 1.54) is 17.0 Å². The molecule has 0 spiro atoms. The van der Waals surface area contributed by atoms with Gasteiger partial charge in [0.15, 0.2) is 0 Å². The van der Waals surface area contributed by atoms with Crippen molar-refractivity contribution in [1.82, 2.24) is 9.80 Å². The molecule has 0 unspecified atom stereocenters. The van der Waals surface area contributed by atoms with Gasteiger partial charge in [0.2, 0.25) is 5.91 Å². The number of nitrogens with two attached hydrogens (primary N) is 1. The molecule has 2 amide bonds. The lowest BCUT2D eigenvalue weighted by atomic mass is 10.0. The highest BCUT2D eigenvalue weighted by Gasteiger charge is 2.29. The minimum Gasteiger partial charge on any atom is -0.338 e. The van der Waals surface area contributed by atoms with Crippen LogP contribution in [0.4, 0.5) is 4.39 Å². The molecule has 2 rings (SSSR count). The van der Waals surface area contributed by atoms with E-state index in [0.29, 0.717) is 26.2 Å². The minimum atomic E-state index is -0.636. The van der Waals surface area contributed by atoms with Crippen molar-refractivity contribution in [3.8, 4) is 0 Å². The molecule has 1 aliphatic heterocycles. The van der Waals surface area contributed by atoms with Crippen LogP contribution < -0.4 is 5.73 Å². The molecule has 126 valence electrons. The normalized spacial score (nSPS) is 16.6. The van der Waals surface area contributed by atoms with Gasteiger partial charge in [-0.2, -0.15) is 0 Å². The fourth-order valence-electron chi connectivity index (χ4n) is 2.46. The molecule has 1 heterocycles. The van der Waals surface area contributed by atoms with Gasteiger partial charge in [-0.05, 0) is 24.1 Å². The summed E-state index contributed by atoms with van der Waals surface area (Å²) in [5.74, 6) is -1.07. The number of hydrogen-bond acceptors (Lipinski definition) is 3. The Morgan fingerprint density at radius 2 is 1.74 bits per heavy atom. The molecule has 0 radical (unpaired) electrons. The van der Waals surface area contributed by atoms with Gasteiger partial charge in [-0.1, -0.05) is 25.4 Å². The van der Waals surface area contributed by atoms with Crippen LogP contribution in [0.15, 0.2) is 18.2 Å². The van der Waals surface area contributed by atoms with E-state index in [0.717, 1.165) is 6.07 Å². The molecule has 2 N–H and O–H groups in total. The van der Waals surface area contributed by atoms with E-state index in [4.69, 9.17) is 17.3 Å². The molecule has 23 heavy (non-hydrogen) atoms. The Kier molecular flexibility index (Phi) is 5.59. The molecule has 1 fully saturated rings. The van der Waals surface area contributed by atoms with Gasteiger partial charge >= 0.3 is 0 Å². The fraction of sp³-hybridized carbons (Fsp3) is 0.500. The Labute approximate surface area is 140 Å². The predicted octanol–water partition coefficient (Wildman–Crippen LogP) is 1.75. The van der Waals surface area contributed by atoms with Crippen molar-refractivity contribution in [3.05, 3.63) is 34.6 Å². The highest BCUT2D eigenvalue weighted by Crippen LogP contribution is 2.17. The smallest absolute Gasteiger partial charge is 0.256 e. The zero-order valence-electron chi connectivity index (χ0n) is 13.3. The Morgan fingerprint density at radius 3 is 2.26 bits per heavy atom. The number of nitrogens with zero attached hydrogens (tertiary/aromatic N) is 2. The van der Waals surface area contributed by atoms with Crippen molar-refractivity contribution in [2.75, 3.05) is 26.2 Å². The molecule has 1 aromatic carbocycles. The molecule has 0 saturated carbocycles. The third-order valence-electron chi connectivity index (χ3n) is 4.04. The third-order valence-corrected chi connectivity index (χ3v) is 4.28. The summed E-state index contributed by atoms with van der Waals surface area (Å²) in [4.78, 5) is 27.8. The van der Waals surface area contributed by atoms with Gasteiger partial charge < -0.3 is 15.5 Å². The number of halogens is 2. The number of hydrogen-bond donors (Lipinski definition) is 1. The first-order valence-electron chi connectivity index (χ1n) is 7.60. The summed E-state index contributed by atoms with van der Waals surface area (Å²) in [7, 11) is 0. The van der Waals surface area contributed by atoms with Gasteiger partial charge in [0.25, 0.3) is 5.91 Å². The van der Waals surface area contributed by atoms with Crippen LogP contribution in [0, 0.1) is 11.7 Å². The number of rotatable bonds is 3. The van der Waals surface area contributed by atoms with Gasteiger partial charge in [0, 0.05) is 31.2 Å². The number of amides is 2. The maximum Gasteiger partial charge on any atom is 0.256 e. The third kappa shape index (κ3) is 4.00. The molecule has 1 aromatic rings. The molecular formula is C16H21ClFN3O2. The van der Waals surface area contributed by atoms with Gasteiger partial charge in [-0.15, -0.1) is 0 Å². The van der Waals surface area contributed by atoms with E-state index in [9.17, 15) is 14.0 Å². The minimum absolute atomic E-state index is 0.00643. The van der Waals surface area contributed by atoms with Crippen LogP contribution in [0.5, 0.6) is 0 Å². The molecule has 1 saturated heterocycles.